The number of rotatable bonds is 6. The fourth-order valence-corrected chi connectivity index (χ4v) is 4.03. The predicted octanol–water partition coefficient (Wildman–Crippen LogP) is 6.21. The molecule has 5 heteroatoms. The van der Waals surface area contributed by atoms with Gasteiger partial charge in [-0.15, -0.1) is 11.3 Å². The van der Waals surface area contributed by atoms with Gasteiger partial charge in [0.05, 0.1) is 5.02 Å². The lowest BCUT2D eigenvalue weighted by molar-refractivity contribution is 0.532. The highest BCUT2D eigenvalue weighted by molar-refractivity contribution is 9.10. The zero-order valence-electron chi connectivity index (χ0n) is 11.1. The first-order chi connectivity index (χ1) is 9.60. The van der Waals surface area contributed by atoms with Gasteiger partial charge in [0.15, 0.2) is 0 Å². The minimum absolute atomic E-state index is 0.314. The van der Waals surface area contributed by atoms with Crippen molar-refractivity contribution in [2.45, 2.75) is 25.8 Å². The second-order valence-corrected chi connectivity index (χ2v) is 7.79. The minimum atomic E-state index is 0.314. The highest BCUT2D eigenvalue weighted by atomic mass is 79.9. The van der Waals surface area contributed by atoms with E-state index in [9.17, 15) is 0 Å². The van der Waals surface area contributed by atoms with E-state index < -0.39 is 0 Å². The van der Waals surface area contributed by atoms with Crippen LogP contribution < -0.4 is 5.32 Å². The van der Waals surface area contributed by atoms with Gasteiger partial charge < -0.3 is 5.32 Å². The van der Waals surface area contributed by atoms with Crippen LogP contribution in [0.3, 0.4) is 0 Å². The van der Waals surface area contributed by atoms with Crippen LogP contribution in [0.5, 0.6) is 0 Å². The first kappa shape index (κ1) is 16.5. The molecule has 2 rings (SSSR count). The molecule has 0 saturated carbocycles. The average Bonchev–Trinajstić information content (AvgIpc) is 2.83. The van der Waals surface area contributed by atoms with Crippen LogP contribution in [0.1, 0.15) is 29.8 Å². The summed E-state index contributed by atoms with van der Waals surface area (Å²) in [4.78, 5) is 1.37. The molecule has 1 aromatic carbocycles. The highest BCUT2D eigenvalue weighted by Crippen LogP contribution is 2.29. The van der Waals surface area contributed by atoms with Crippen molar-refractivity contribution in [2.24, 2.45) is 0 Å². The topological polar surface area (TPSA) is 12.0 Å². The number of halogens is 3. The SMILES string of the molecule is CCCNC(Cc1cc(Br)cs1)c1ccc(Cl)c(Br)c1. The fourth-order valence-electron chi connectivity index (χ4n) is 2.02. The van der Waals surface area contributed by atoms with Crippen LogP contribution in [0.4, 0.5) is 0 Å². The molecular formula is C15H16Br2ClNS. The van der Waals surface area contributed by atoms with Crippen molar-refractivity contribution in [3.8, 4) is 0 Å². The Kier molecular flexibility index (Phi) is 6.56. The van der Waals surface area contributed by atoms with Crippen molar-refractivity contribution < 1.29 is 0 Å². The van der Waals surface area contributed by atoms with Crippen LogP contribution in [0.15, 0.2) is 38.6 Å². The number of benzene rings is 1. The molecule has 0 saturated heterocycles. The van der Waals surface area contributed by atoms with Crippen LogP contribution in [0.25, 0.3) is 0 Å². The van der Waals surface area contributed by atoms with Gasteiger partial charge >= 0.3 is 0 Å². The molecule has 0 amide bonds. The van der Waals surface area contributed by atoms with Crippen molar-refractivity contribution in [1.29, 1.82) is 0 Å². The van der Waals surface area contributed by atoms with Crippen molar-refractivity contribution in [3.05, 3.63) is 54.1 Å². The molecule has 0 radical (unpaired) electrons. The van der Waals surface area contributed by atoms with Gasteiger partial charge in [-0.3, -0.25) is 0 Å². The van der Waals surface area contributed by atoms with Gasteiger partial charge in [-0.1, -0.05) is 24.6 Å². The molecule has 0 aliphatic heterocycles. The smallest absolute Gasteiger partial charge is 0.0548 e. The van der Waals surface area contributed by atoms with E-state index in [4.69, 9.17) is 11.6 Å². The van der Waals surface area contributed by atoms with E-state index in [0.717, 1.165) is 33.4 Å². The summed E-state index contributed by atoms with van der Waals surface area (Å²) in [6.45, 7) is 3.20. The Morgan fingerprint density at radius 1 is 1.30 bits per heavy atom. The molecule has 1 heterocycles. The van der Waals surface area contributed by atoms with Gasteiger partial charge in [0.2, 0.25) is 0 Å². The van der Waals surface area contributed by atoms with Crippen LogP contribution in [0.2, 0.25) is 5.02 Å². The average molecular weight is 438 g/mol. The van der Waals surface area contributed by atoms with E-state index in [-0.39, 0.29) is 0 Å². The Bertz CT molecular complexity index is 571. The molecule has 0 spiro atoms. The Hall–Kier alpha value is 0.130. The maximum Gasteiger partial charge on any atom is 0.0548 e. The lowest BCUT2D eigenvalue weighted by Crippen LogP contribution is -2.23. The van der Waals surface area contributed by atoms with E-state index in [1.807, 2.05) is 6.07 Å². The summed E-state index contributed by atoms with van der Waals surface area (Å²) >= 11 is 14.9. The quantitative estimate of drug-likeness (QED) is 0.566. The maximum atomic E-state index is 6.08. The largest absolute Gasteiger partial charge is 0.310 e. The first-order valence-electron chi connectivity index (χ1n) is 6.51. The lowest BCUT2D eigenvalue weighted by Gasteiger charge is -2.19. The summed E-state index contributed by atoms with van der Waals surface area (Å²) in [6.07, 6.45) is 2.11. The molecule has 1 aromatic heterocycles. The third-order valence-corrected chi connectivity index (χ3v) is 5.95. The third kappa shape index (κ3) is 4.57. The minimum Gasteiger partial charge on any atom is -0.310 e. The molecule has 0 bridgehead atoms. The van der Waals surface area contributed by atoms with E-state index in [0.29, 0.717) is 6.04 Å². The zero-order valence-corrected chi connectivity index (χ0v) is 15.9. The fraction of sp³-hybridized carbons (Fsp3) is 0.333. The van der Waals surface area contributed by atoms with Crippen LogP contribution in [-0.4, -0.2) is 6.54 Å². The normalized spacial score (nSPS) is 12.6. The number of hydrogen-bond donors (Lipinski definition) is 1. The summed E-state index contributed by atoms with van der Waals surface area (Å²) in [6, 6.07) is 8.66. The summed E-state index contributed by atoms with van der Waals surface area (Å²) in [7, 11) is 0. The van der Waals surface area contributed by atoms with E-state index in [2.05, 4.69) is 67.7 Å². The molecular weight excluding hydrogens is 422 g/mol. The lowest BCUT2D eigenvalue weighted by atomic mass is 10.0. The van der Waals surface area contributed by atoms with Crippen molar-refractivity contribution in [2.75, 3.05) is 6.54 Å². The van der Waals surface area contributed by atoms with E-state index >= 15 is 0 Å². The summed E-state index contributed by atoms with van der Waals surface area (Å²) in [5.74, 6) is 0. The van der Waals surface area contributed by atoms with Gasteiger partial charge in [0.25, 0.3) is 0 Å². The van der Waals surface area contributed by atoms with Crippen molar-refractivity contribution >= 4 is 54.8 Å². The third-order valence-electron chi connectivity index (χ3n) is 3.01. The van der Waals surface area contributed by atoms with Gasteiger partial charge in [0.1, 0.15) is 0 Å². The second-order valence-electron chi connectivity index (χ2n) is 4.62. The molecule has 1 nitrogen and oxygen atoms in total. The number of thiophene rings is 1. The Labute approximate surface area is 146 Å². The monoisotopic (exact) mass is 435 g/mol. The molecule has 0 aliphatic carbocycles. The molecule has 0 aliphatic rings. The Morgan fingerprint density at radius 2 is 2.10 bits per heavy atom. The van der Waals surface area contributed by atoms with Gasteiger partial charge in [-0.05, 0) is 68.6 Å². The van der Waals surface area contributed by atoms with Crippen LogP contribution in [-0.2, 0) is 6.42 Å². The zero-order chi connectivity index (χ0) is 14.5. The highest BCUT2D eigenvalue weighted by Gasteiger charge is 2.14. The Balaban J connectivity index is 2.19. The molecule has 2 aromatic rings. The van der Waals surface area contributed by atoms with Crippen LogP contribution >= 0.6 is 54.8 Å². The second kappa shape index (κ2) is 7.95. The summed E-state index contributed by atoms with van der Waals surface area (Å²) in [5.41, 5.74) is 1.26. The van der Waals surface area contributed by atoms with E-state index in [1.54, 1.807) is 11.3 Å². The molecule has 20 heavy (non-hydrogen) atoms. The predicted molar refractivity (Wildman–Crippen MR) is 95.9 cm³/mol. The van der Waals surface area contributed by atoms with Gasteiger partial charge in [-0.25, -0.2) is 0 Å². The summed E-state index contributed by atoms with van der Waals surface area (Å²) < 4.78 is 2.11. The molecule has 1 unspecified atom stereocenters. The number of nitrogens with one attached hydrogen (secondary N) is 1. The molecule has 108 valence electrons. The summed E-state index contributed by atoms with van der Waals surface area (Å²) in [5, 5.41) is 6.50. The van der Waals surface area contributed by atoms with Crippen LogP contribution in [0, 0.1) is 0 Å². The van der Waals surface area contributed by atoms with E-state index in [1.165, 1.54) is 10.4 Å². The first-order valence-corrected chi connectivity index (χ1v) is 9.35. The Morgan fingerprint density at radius 3 is 2.70 bits per heavy atom. The van der Waals surface area contributed by atoms with Crippen molar-refractivity contribution in [3.63, 3.8) is 0 Å². The maximum absolute atomic E-state index is 6.08. The van der Waals surface area contributed by atoms with Gasteiger partial charge in [0, 0.05) is 31.7 Å². The molecule has 1 atom stereocenters. The number of hydrogen-bond acceptors (Lipinski definition) is 2. The standard InChI is InChI=1S/C15H16Br2ClNS/c1-2-5-19-15(8-12-7-11(16)9-20-12)10-3-4-14(18)13(17)6-10/h3-4,6-7,9,15,19H,2,5,8H2,1H3. The molecule has 1 N–H and O–H groups in total. The van der Waals surface area contributed by atoms with Gasteiger partial charge in [-0.2, -0.15) is 0 Å². The van der Waals surface area contributed by atoms with Crippen molar-refractivity contribution in [1.82, 2.24) is 5.32 Å². The molecule has 0 fully saturated rings.